The van der Waals surface area contributed by atoms with E-state index in [2.05, 4.69) is 0 Å². The summed E-state index contributed by atoms with van der Waals surface area (Å²) in [6, 6.07) is 6.37. The molecule has 0 bridgehead atoms. The molecule has 164 valence electrons. The number of ether oxygens (including phenoxy) is 3. The van der Waals surface area contributed by atoms with Crippen molar-refractivity contribution in [3.05, 3.63) is 63.4 Å². The molecule has 0 fully saturated rings. The first kappa shape index (κ1) is 22.7. The maximum absolute atomic E-state index is 12.5. The summed E-state index contributed by atoms with van der Waals surface area (Å²) in [5.41, 5.74) is -0.274. The van der Waals surface area contributed by atoms with Crippen molar-refractivity contribution in [1.82, 2.24) is 0 Å². The van der Waals surface area contributed by atoms with Crippen molar-refractivity contribution in [3.8, 4) is 5.75 Å². The second-order valence-electron chi connectivity index (χ2n) is 7.83. The van der Waals surface area contributed by atoms with E-state index in [1.807, 2.05) is 6.26 Å². The Morgan fingerprint density at radius 1 is 1.10 bits per heavy atom. The van der Waals surface area contributed by atoms with Gasteiger partial charge >= 0.3 is 17.6 Å². The Labute approximate surface area is 184 Å². The predicted octanol–water partition coefficient (Wildman–Crippen LogP) is 4.30. The number of rotatable bonds is 5. The number of hydrogen-bond acceptors (Lipinski definition) is 8. The number of thioether (sulfide) groups is 1. The van der Waals surface area contributed by atoms with E-state index in [0.29, 0.717) is 16.7 Å². The zero-order valence-electron chi connectivity index (χ0n) is 18.0. The van der Waals surface area contributed by atoms with E-state index in [4.69, 9.17) is 18.6 Å². The lowest BCUT2D eigenvalue weighted by molar-refractivity contribution is -0.184. The van der Waals surface area contributed by atoms with E-state index in [0.717, 1.165) is 5.57 Å². The summed E-state index contributed by atoms with van der Waals surface area (Å²) in [5.74, 6) is -0.831. The average molecular weight is 445 g/mol. The van der Waals surface area contributed by atoms with Crippen molar-refractivity contribution in [2.45, 2.75) is 45.5 Å². The van der Waals surface area contributed by atoms with E-state index < -0.39 is 35.4 Å². The summed E-state index contributed by atoms with van der Waals surface area (Å²) in [7, 11) is 0. The molecule has 1 aliphatic heterocycles. The molecule has 8 heteroatoms. The number of carbonyl (C=O) groups excluding carboxylic acids is 2. The Balaban J connectivity index is 2.18. The van der Waals surface area contributed by atoms with Crippen LogP contribution < -0.4 is 10.4 Å². The Kier molecular flexibility index (Phi) is 6.59. The van der Waals surface area contributed by atoms with Crippen molar-refractivity contribution in [2.24, 2.45) is 0 Å². The molecule has 31 heavy (non-hydrogen) atoms. The standard InChI is InChI=1S/C23H24O7S/c1-13(2)12-18(26)29-22-21(28-17(25)10-11-31-5)19-15(30-23(22,3)4)8-6-14-7-9-16(24)27-20(14)19/h6-12,21-22H,1-5H3. The first-order chi connectivity index (χ1) is 14.6. The van der Waals surface area contributed by atoms with Crippen molar-refractivity contribution >= 4 is 34.7 Å². The molecule has 2 aromatic rings. The predicted molar refractivity (Wildman–Crippen MR) is 118 cm³/mol. The molecule has 2 atom stereocenters. The lowest BCUT2D eigenvalue weighted by atomic mass is 9.87. The van der Waals surface area contributed by atoms with Gasteiger partial charge in [0.05, 0.1) is 5.56 Å². The summed E-state index contributed by atoms with van der Waals surface area (Å²) < 4.78 is 23.0. The normalized spacial score (nSPS) is 19.4. The lowest BCUT2D eigenvalue weighted by Gasteiger charge is -2.43. The second kappa shape index (κ2) is 9.01. The average Bonchev–Trinajstić information content (AvgIpc) is 2.67. The van der Waals surface area contributed by atoms with Crippen molar-refractivity contribution in [2.75, 3.05) is 6.26 Å². The smallest absolute Gasteiger partial charge is 0.336 e. The van der Waals surface area contributed by atoms with Crippen LogP contribution in [0.1, 0.15) is 39.4 Å². The molecular formula is C23H24O7S. The first-order valence-corrected chi connectivity index (χ1v) is 10.9. The van der Waals surface area contributed by atoms with Crippen LogP contribution in [0.5, 0.6) is 5.75 Å². The molecule has 2 unspecified atom stereocenters. The van der Waals surface area contributed by atoms with Crippen molar-refractivity contribution in [1.29, 1.82) is 0 Å². The fraction of sp³-hybridized carbons (Fsp3) is 0.348. The molecule has 1 aromatic carbocycles. The van der Waals surface area contributed by atoms with E-state index in [-0.39, 0.29) is 5.58 Å². The van der Waals surface area contributed by atoms with Gasteiger partial charge in [-0.1, -0.05) is 5.57 Å². The van der Waals surface area contributed by atoms with E-state index in [1.165, 1.54) is 30.0 Å². The van der Waals surface area contributed by atoms with Crippen molar-refractivity contribution in [3.63, 3.8) is 0 Å². The van der Waals surface area contributed by atoms with Crippen molar-refractivity contribution < 1.29 is 28.2 Å². The van der Waals surface area contributed by atoms with Crippen LogP contribution >= 0.6 is 11.8 Å². The van der Waals surface area contributed by atoms with Gasteiger partial charge in [0.15, 0.2) is 12.2 Å². The Hall–Kier alpha value is -3.00. The van der Waals surface area contributed by atoms with Crippen LogP contribution in [-0.2, 0) is 19.1 Å². The first-order valence-electron chi connectivity index (χ1n) is 9.63. The number of esters is 2. The summed E-state index contributed by atoms with van der Waals surface area (Å²) in [6.45, 7) is 7.01. The largest absolute Gasteiger partial charge is 0.483 e. The molecule has 0 saturated heterocycles. The van der Waals surface area contributed by atoms with Gasteiger partial charge in [-0.25, -0.2) is 14.4 Å². The number of hydrogen-bond donors (Lipinski definition) is 0. The molecule has 0 amide bonds. The molecule has 0 aliphatic carbocycles. The minimum absolute atomic E-state index is 0.218. The van der Waals surface area contributed by atoms with Gasteiger partial charge < -0.3 is 18.6 Å². The SMILES string of the molecule is CSC=CC(=O)OC1c2c(ccc3ccc(=O)oc23)OC(C)(C)C1OC(=O)C=C(C)C. The third kappa shape index (κ3) is 5.02. The molecule has 7 nitrogen and oxygen atoms in total. The van der Waals surface area contributed by atoms with Crippen LogP contribution in [-0.4, -0.2) is 29.9 Å². The summed E-state index contributed by atoms with van der Waals surface area (Å²) in [4.78, 5) is 36.9. The summed E-state index contributed by atoms with van der Waals surface area (Å²) >= 11 is 1.34. The number of benzene rings is 1. The highest BCUT2D eigenvalue weighted by Crippen LogP contribution is 2.46. The molecule has 0 N–H and O–H groups in total. The fourth-order valence-corrected chi connectivity index (χ4v) is 3.61. The van der Waals surface area contributed by atoms with Crippen LogP contribution in [0.2, 0.25) is 0 Å². The third-order valence-corrected chi connectivity index (χ3v) is 5.05. The van der Waals surface area contributed by atoms with Gasteiger partial charge in [-0.2, -0.15) is 0 Å². The number of allylic oxidation sites excluding steroid dienone is 1. The summed E-state index contributed by atoms with van der Waals surface area (Å²) in [5, 5.41) is 2.21. The number of carbonyl (C=O) groups is 2. The fourth-order valence-electron chi connectivity index (χ4n) is 3.36. The van der Waals surface area contributed by atoms with Gasteiger partial charge in [0.25, 0.3) is 0 Å². The highest BCUT2D eigenvalue weighted by atomic mass is 32.2. The number of fused-ring (bicyclic) bond motifs is 3. The van der Waals surface area contributed by atoms with Gasteiger partial charge in [0.1, 0.15) is 16.9 Å². The van der Waals surface area contributed by atoms with Crippen LogP contribution in [0, 0.1) is 0 Å². The minimum Gasteiger partial charge on any atom is -0.483 e. The Bertz CT molecular complexity index is 1120. The molecule has 0 spiro atoms. The molecule has 2 heterocycles. The lowest BCUT2D eigenvalue weighted by Crippen LogP contribution is -2.52. The summed E-state index contributed by atoms with van der Waals surface area (Å²) in [6.07, 6.45) is 2.39. The van der Waals surface area contributed by atoms with Crippen LogP contribution in [0.25, 0.3) is 11.0 Å². The van der Waals surface area contributed by atoms with E-state index >= 15 is 0 Å². The minimum atomic E-state index is -1.05. The van der Waals surface area contributed by atoms with E-state index in [1.54, 1.807) is 51.3 Å². The van der Waals surface area contributed by atoms with Crippen LogP contribution in [0.3, 0.4) is 0 Å². The monoisotopic (exact) mass is 444 g/mol. The molecular weight excluding hydrogens is 420 g/mol. The molecule has 3 rings (SSSR count). The van der Waals surface area contributed by atoms with Gasteiger partial charge in [0.2, 0.25) is 0 Å². The quantitative estimate of drug-likeness (QED) is 0.383. The van der Waals surface area contributed by atoms with Gasteiger partial charge in [-0.05, 0) is 57.6 Å². The third-order valence-electron chi connectivity index (χ3n) is 4.64. The molecule has 0 saturated carbocycles. The highest BCUT2D eigenvalue weighted by Gasteiger charge is 2.49. The zero-order chi connectivity index (χ0) is 22.8. The topological polar surface area (TPSA) is 92.0 Å². The molecule has 1 aromatic heterocycles. The molecule has 1 aliphatic rings. The second-order valence-corrected chi connectivity index (χ2v) is 8.57. The molecule has 0 radical (unpaired) electrons. The zero-order valence-corrected chi connectivity index (χ0v) is 18.8. The van der Waals surface area contributed by atoms with Crippen LogP contribution in [0.15, 0.2) is 56.6 Å². The maximum atomic E-state index is 12.5. The highest BCUT2D eigenvalue weighted by molar-refractivity contribution is 8.01. The maximum Gasteiger partial charge on any atom is 0.336 e. The van der Waals surface area contributed by atoms with Gasteiger partial charge in [0, 0.05) is 23.6 Å². The Morgan fingerprint density at radius 3 is 2.48 bits per heavy atom. The Morgan fingerprint density at radius 2 is 1.81 bits per heavy atom. The van der Waals surface area contributed by atoms with Gasteiger partial charge in [-0.15, -0.1) is 11.8 Å². The van der Waals surface area contributed by atoms with Gasteiger partial charge in [-0.3, -0.25) is 0 Å². The van der Waals surface area contributed by atoms with Crippen LogP contribution in [0.4, 0.5) is 0 Å². The van der Waals surface area contributed by atoms with E-state index in [9.17, 15) is 14.4 Å².